The second-order valence-corrected chi connectivity index (χ2v) is 4.66. The molecule has 0 bridgehead atoms. The summed E-state index contributed by atoms with van der Waals surface area (Å²) in [5.74, 6) is 0. The van der Waals surface area contributed by atoms with E-state index in [1.807, 2.05) is 0 Å². The van der Waals surface area contributed by atoms with Gasteiger partial charge in [0, 0.05) is 17.1 Å². The molecule has 1 rings (SSSR count). The van der Waals surface area contributed by atoms with Crippen LogP contribution in [0.25, 0.3) is 0 Å². The highest BCUT2D eigenvalue weighted by Gasteiger charge is 2.03. The first kappa shape index (κ1) is 11.5. The Morgan fingerprint density at radius 1 is 1.57 bits per heavy atom. The Hall–Kier alpha value is -0.600. The standard InChI is InChI=1S/C12H16BrN/c1-9-5-4-6-12(7-9)11(3)14-8-10(2)13/h4-7,11,14H,2,8H2,1,3H3/t11-/m1/s1. The molecule has 0 aliphatic rings. The van der Waals surface area contributed by atoms with Crippen LogP contribution in [0.1, 0.15) is 24.1 Å². The molecule has 1 atom stereocenters. The van der Waals surface area contributed by atoms with E-state index in [4.69, 9.17) is 0 Å². The van der Waals surface area contributed by atoms with Gasteiger partial charge in [-0.3, -0.25) is 0 Å². The number of hydrogen-bond donors (Lipinski definition) is 1. The maximum atomic E-state index is 3.79. The molecule has 1 aromatic rings. The van der Waals surface area contributed by atoms with Gasteiger partial charge in [0.1, 0.15) is 0 Å². The van der Waals surface area contributed by atoms with E-state index in [-0.39, 0.29) is 0 Å². The minimum atomic E-state index is 0.365. The topological polar surface area (TPSA) is 12.0 Å². The van der Waals surface area contributed by atoms with Crippen LogP contribution in [0.5, 0.6) is 0 Å². The van der Waals surface area contributed by atoms with Crippen LogP contribution in [0.4, 0.5) is 0 Å². The van der Waals surface area contributed by atoms with Crippen molar-refractivity contribution in [2.24, 2.45) is 0 Å². The van der Waals surface area contributed by atoms with Gasteiger partial charge in [-0.1, -0.05) is 52.3 Å². The summed E-state index contributed by atoms with van der Waals surface area (Å²) in [7, 11) is 0. The molecule has 0 amide bonds. The number of hydrogen-bond acceptors (Lipinski definition) is 1. The Kier molecular flexibility index (Phi) is 4.36. The summed E-state index contributed by atoms with van der Waals surface area (Å²) in [4.78, 5) is 0. The van der Waals surface area contributed by atoms with Crippen molar-refractivity contribution in [1.29, 1.82) is 0 Å². The van der Waals surface area contributed by atoms with E-state index in [2.05, 4.69) is 65.9 Å². The molecule has 0 saturated heterocycles. The molecule has 2 heteroatoms. The monoisotopic (exact) mass is 253 g/mol. The van der Waals surface area contributed by atoms with E-state index < -0.39 is 0 Å². The van der Waals surface area contributed by atoms with Gasteiger partial charge in [-0.15, -0.1) is 0 Å². The summed E-state index contributed by atoms with van der Waals surface area (Å²) in [6.45, 7) is 8.86. The third kappa shape index (κ3) is 3.64. The first-order chi connectivity index (χ1) is 6.59. The van der Waals surface area contributed by atoms with Crippen LogP contribution in [0.2, 0.25) is 0 Å². The number of halogens is 1. The summed E-state index contributed by atoms with van der Waals surface area (Å²) in [5.41, 5.74) is 2.62. The molecule has 0 aromatic heterocycles. The molecule has 0 aliphatic heterocycles. The van der Waals surface area contributed by atoms with E-state index in [9.17, 15) is 0 Å². The summed E-state index contributed by atoms with van der Waals surface area (Å²) >= 11 is 3.33. The Balaban J connectivity index is 2.60. The van der Waals surface area contributed by atoms with Crippen molar-refractivity contribution in [3.63, 3.8) is 0 Å². The highest BCUT2D eigenvalue weighted by Crippen LogP contribution is 2.14. The predicted molar refractivity (Wildman–Crippen MR) is 65.7 cm³/mol. The van der Waals surface area contributed by atoms with Crippen molar-refractivity contribution in [2.75, 3.05) is 6.54 Å². The lowest BCUT2D eigenvalue weighted by Gasteiger charge is -2.14. The molecule has 0 fully saturated rings. The average Bonchev–Trinajstić information content (AvgIpc) is 2.14. The molecule has 76 valence electrons. The van der Waals surface area contributed by atoms with Gasteiger partial charge < -0.3 is 5.32 Å². The van der Waals surface area contributed by atoms with Crippen LogP contribution < -0.4 is 5.32 Å². The minimum absolute atomic E-state index is 0.365. The Labute approximate surface area is 94.3 Å². The van der Waals surface area contributed by atoms with Crippen molar-refractivity contribution in [1.82, 2.24) is 5.32 Å². The maximum Gasteiger partial charge on any atom is 0.0295 e. The summed E-state index contributed by atoms with van der Waals surface area (Å²) in [6.07, 6.45) is 0. The molecule has 1 nitrogen and oxygen atoms in total. The molecular formula is C12H16BrN. The number of nitrogens with one attached hydrogen (secondary N) is 1. The van der Waals surface area contributed by atoms with Gasteiger partial charge in [0.25, 0.3) is 0 Å². The number of aryl methyl sites for hydroxylation is 1. The lowest BCUT2D eigenvalue weighted by Crippen LogP contribution is -2.19. The smallest absolute Gasteiger partial charge is 0.0295 e. The zero-order valence-electron chi connectivity index (χ0n) is 8.68. The van der Waals surface area contributed by atoms with Crippen LogP contribution in [-0.4, -0.2) is 6.54 Å². The lowest BCUT2D eigenvalue weighted by atomic mass is 10.1. The average molecular weight is 254 g/mol. The van der Waals surface area contributed by atoms with E-state index in [0.717, 1.165) is 11.0 Å². The molecule has 0 spiro atoms. The quantitative estimate of drug-likeness (QED) is 0.866. The molecule has 0 aliphatic carbocycles. The molecule has 0 heterocycles. The van der Waals surface area contributed by atoms with Crippen LogP contribution in [-0.2, 0) is 0 Å². The second kappa shape index (κ2) is 5.32. The Bertz CT molecular complexity index is 320. The molecule has 1 aromatic carbocycles. The Morgan fingerprint density at radius 3 is 2.86 bits per heavy atom. The van der Waals surface area contributed by atoms with Crippen molar-refractivity contribution in [3.05, 3.63) is 46.5 Å². The first-order valence-corrected chi connectivity index (χ1v) is 5.52. The SMILES string of the molecule is C=C(Br)CN[C@H](C)c1cccc(C)c1. The number of rotatable bonds is 4. The van der Waals surface area contributed by atoms with E-state index >= 15 is 0 Å². The van der Waals surface area contributed by atoms with Crippen molar-refractivity contribution in [3.8, 4) is 0 Å². The van der Waals surface area contributed by atoms with Crippen LogP contribution in [0.15, 0.2) is 35.3 Å². The Morgan fingerprint density at radius 2 is 2.29 bits per heavy atom. The third-order valence-electron chi connectivity index (χ3n) is 2.14. The van der Waals surface area contributed by atoms with Crippen LogP contribution in [0, 0.1) is 6.92 Å². The summed E-state index contributed by atoms with van der Waals surface area (Å²) in [5, 5.41) is 3.38. The van der Waals surface area contributed by atoms with Crippen LogP contribution in [0.3, 0.4) is 0 Å². The third-order valence-corrected chi connectivity index (χ3v) is 2.42. The molecule has 0 saturated carbocycles. The fourth-order valence-electron chi connectivity index (χ4n) is 1.32. The highest BCUT2D eigenvalue weighted by molar-refractivity contribution is 9.11. The lowest BCUT2D eigenvalue weighted by molar-refractivity contribution is 0.615. The van der Waals surface area contributed by atoms with Gasteiger partial charge in [0.15, 0.2) is 0 Å². The molecule has 0 unspecified atom stereocenters. The summed E-state index contributed by atoms with van der Waals surface area (Å²) in [6, 6.07) is 8.91. The normalized spacial score (nSPS) is 12.5. The van der Waals surface area contributed by atoms with Gasteiger partial charge in [-0.2, -0.15) is 0 Å². The second-order valence-electron chi connectivity index (χ2n) is 3.53. The molecular weight excluding hydrogens is 238 g/mol. The van der Waals surface area contributed by atoms with Gasteiger partial charge in [-0.25, -0.2) is 0 Å². The summed E-state index contributed by atoms with van der Waals surface area (Å²) < 4.78 is 0.983. The predicted octanol–water partition coefficient (Wildman–Crippen LogP) is 3.55. The highest BCUT2D eigenvalue weighted by atomic mass is 79.9. The van der Waals surface area contributed by atoms with Gasteiger partial charge in [0.05, 0.1) is 0 Å². The van der Waals surface area contributed by atoms with E-state index in [1.165, 1.54) is 11.1 Å². The van der Waals surface area contributed by atoms with Crippen molar-refractivity contribution in [2.45, 2.75) is 19.9 Å². The van der Waals surface area contributed by atoms with Gasteiger partial charge in [0.2, 0.25) is 0 Å². The van der Waals surface area contributed by atoms with Gasteiger partial charge in [-0.05, 0) is 19.4 Å². The first-order valence-electron chi connectivity index (χ1n) is 4.73. The molecule has 0 radical (unpaired) electrons. The van der Waals surface area contributed by atoms with E-state index in [1.54, 1.807) is 0 Å². The zero-order chi connectivity index (χ0) is 10.6. The van der Waals surface area contributed by atoms with Crippen molar-refractivity contribution >= 4 is 15.9 Å². The van der Waals surface area contributed by atoms with Gasteiger partial charge >= 0.3 is 0 Å². The van der Waals surface area contributed by atoms with E-state index in [0.29, 0.717) is 6.04 Å². The fourth-order valence-corrected chi connectivity index (χ4v) is 1.48. The molecule has 1 N–H and O–H groups in total. The maximum absolute atomic E-state index is 3.79. The van der Waals surface area contributed by atoms with Crippen molar-refractivity contribution < 1.29 is 0 Å². The minimum Gasteiger partial charge on any atom is -0.306 e. The fraction of sp³-hybridized carbons (Fsp3) is 0.333. The van der Waals surface area contributed by atoms with Crippen LogP contribution >= 0.6 is 15.9 Å². The molecule has 14 heavy (non-hydrogen) atoms. The largest absolute Gasteiger partial charge is 0.306 e. The zero-order valence-corrected chi connectivity index (χ0v) is 10.3. The number of benzene rings is 1.